The second-order valence-electron chi connectivity index (χ2n) is 7.71. The summed E-state index contributed by atoms with van der Waals surface area (Å²) in [6.07, 6.45) is 3.96. The van der Waals surface area contributed by atoms with Crippen molar-refractivity contribution in [1.29, 1.82) is 0 Å². The Balaban J connectivity index is 1.38. The molecule has 2 aromatic heterocycles. The van der Waals surface area contributed by atoms with E-state index < -0.39 is 0 Å². The van der Waals surface area contributed by atoms with Crippen molar-refractivity contribution in [2.75, 3.05) is 20.2 Å². The van der Waals surface area contributed by atoms with E-state index in [2.05, 4.69) is 20.3 Å². The van der Waals surface area contributed by atoms with Gasteiger partial charge in [0, 0.05) is 37.9 Å². The average molecular weight is 431 g/mol. The third-order valence-corrected chi connectivity index (χ3v) is 5.55. The zero-order chi connectivity index (χ0) is 22.5. The van der Waals surface area contributed by atoms with Crippen molar-refractivity contribution in [3.05, 3.63) is 83.2 Å². The molecular formula is C24H25N5O3. The van der Waals surface area contributed by atoms with Gasteiger partial charge in [0.15, 0.2) is 0 Å². The lowest BCUT2D eigenvalue weighted by Crippen LogP contribution is -2.29. The second-order valence-corrected chi connectivity index (χ2v) is 7.71. The fourth-order valence-corrected chi connectivity index (χ4v) is 3.77. The van der Waals surface area contributed by atoms with Gasteiger partial charge in [-0.05, 0) is 43.2 Å². The molecule has 0 bridgehead atoms. The van der Waals surface area contributed by atoms with Gasteiger partial charge in [-0.15, -0.1) is 0 Å². The van der Waals surface area contributed by atoms with E-state index >= 15 is 0 Å². The molecule has 0 saturated carbocycles. The van der Waals surface area contributed by atoms with Crippen LogP contribution in [0.2, 0.25) is 0 Å². The van der Waals surface area contributed by atoms with Crippen LogP contribution in [0.15, 0.2) is 54.9 Å². The predicted octanol–water partition coefficient (Wildman–Crippen LogP) is 2.75. The van der Waals surface area contributed by atoms with Crippen LogP contribution in [0.4, 0.5) is 0 Å². The third-order valence-electron chi connectivity index (χ3n) is 5.55. The first-order valence-corrected chi connectivity index (χ1v) is 10.5. The Labute approximate surface area is 186 Å². The van der Waals surface area contributed by atoms with Gasteiger partial charge in [0.05, 0.1) is 18.4 Å². The molecule has 1 aliphatic heterocycles. The van der Waals surface area contributed by atoms with Crippen molar-refractivity contribution in [1.82, 2.24) is 25.2 Å². The largest absolute Gasteiger partial charge is 0.497 e. The number of aryl methyl sites for hydroxylation is 1. The number of carbonyl (C=O) groups excluding carboxylic acids is 2. The van der Waals surface area contributed by atoms with Gasteiger partial charge in [0.25, 0.3) is 11.8 Å². The molecule has 1 aromatic carbocycles. The summed E-state index contributed by atoms with van der Waals surface area (Å²) in [5.74, 6) is 1.12. The van der Waals surface area contributed by atoms with E-state index in [1.54, 1.807) is 49.5 Å². The van der Waals surface area contributed by atoms with Gasteiger partial charge < -0.3 is 15.0 Å². The van der Waals surface area contributed by atoms with Gasteiger partial charge >= 0.3 is 0 Å². The van der Waals surface area contributed by atoms with Gasteiger partial charge in [-0.25, -0.2) is 9.97 Å². The maximum atomic E-state index is 12.6. The molecule has 1 atom stereocenters. The Kier molecular flexibility index (Phi) is 6.39. The topological polar surface area (TPSA) is 97.3 Å². The van der Waals surface area contributed by atoms with E-state index in [1.165, 1.54) is 0 Å². The van der Waals surface area contributed by atoms with Gasteiger partial charge in [0.1, 0.15) is 17.3 Å². The number of methoxy groups -OCH3 is 1. The van der Waals surface area contributed by atoms with Gasteiger partial charge in [0.2, 0.25) is 0 Å². The molecule has 32 heavy (non-hydrogen) atoms. The fraction of sp³-hybridized carbons (Fsp3) is 0.292. The molecule has 1 unspecified atom stereocenters. The Hall–Kier alpha value is -3.81. The van der Waals surface area contributed by atoms with Crippen LogP contribution in [0, 0.1) is 6.92 Å². The molecule has 8 nitrogen and oxygen atoms in total. The maximum Gasteiger partial charge on any atom is 0.272 e. The predicted molar refractivity (Wildman–Crippen MR) is 118 cm³/mol. The van der Waals surface area contributed by atoms with Crippen LogP contribution in [-0.2, 0) is 6.54 Å². The minimum atomic E-state index is -0.227. The molecule has 3 heterocycles. The number of benzene rings is 1. The summed E-state index contributed by atoms with van der Waals surface area (Å²) in [5, 5.41) is 2.90. The lowest BCUT2D eigenvalue weighted by atomic mass is 10.1. The highest BCUT2D eigenvalue weighted by atomic mass is 16.5. The summed E-state index contributed by atoms with van der Waals surface area (Å²) in [6.45, 7) is 3.35. The van der Waals surface area contributed by atoms with Crippen molar-refractivity contribution in [3.63, 3.8) is 0 Å². The number of nitrogens with one attached hydrogen (secondary N) is 1. The quantitative estimate of drug-likeness (QED) is 0.645. The Morgan fingerprint density at radius 2 is 2.06 bits per heavy atom. The van der Waals surface area contributed by atoms with Crippen molar-refractivity contribution in [3.8, 4) is 5.75 Å². The van der Waals surface area contributed by atoms with Crippen LogP contribution in [0.5, 0.6) is 5.75 Å². The van der Waals surface area contributed by atoms with Crippen LogP contribution in [0.3, 0.4) is 0 Å². The number of ether oxygens (including phenoxy) is 1. The number of likely N-dealkylation sites (tertiary alicyclic amines) is 1. The molecule has 2 amide bonds. The number of carbonyl (C=O) groups is 2. The second kappa shape index (κ2) is 9.55. The molecule has 1 fully saturated rings. The number of hydrogen-bond donors (Lipinski definition) is 1. The number of aromatic nitrogens is 3. The maximum absolute atomic E-state index is 12.6. The van der Waals surface area contributed by atoms with Crippen molar-refractivity contribution in [2.24, 2.45) is 0 Å². The highest BCUT2D eigenvalue weighted by Gasteiger charge is 2.30. The monoisotopic (exact) mass is 431 g/mol. The lowest BCUT2D eigenvalue weighted by molar-refractivity contribution is 0.0784. The van der Waals surface area contributed by atoms with E-state index in [1.807, 2.05) is 24.3 Å². The standard InChI is InChI=1S/C24H25N5O3/c1-16-20(23(30)27-13-17-6-5-7-19(12-17)32-2)14-26-22(28-16)18-9-11-29(15-18)24(31)21-8-3-4-10-25-21/h3-8,10,12,14,18H,9,11,13,15H2,1-2H3,(H,27,30). The summed E-state index contributed by atoms with van der Waals surface area (Å²) in [6, 6.07) is 12.9. The molecular weight excluding hydrogens is 406 g/mol. The molecule has 0 spiro atoms. The highest BCUT2D eigenvalue weighted by molar-refractivity contribution is 5.95. The van der Waals surface area contributed by atoms with Crippen LogP contribution in [0.25, 0.3) is 0 Å². The van der Waals surface area contributed by atoms with Gasteiger partial charge in [-0.3, -0.25) is 14.6 Å². The minimum Gasteiger partial charge on any atom is -0.497 e. The van der Waals surface area contributed by atoms with Gasteiger partial charge in [-0.2, -0.15) is 0 Å². The zero-order valence-electron chi connectivity index (χ0n) is 18.1. The Morgan fingerprint density at radius 3 is 2.81 bits per heavy atom. The third kappa shape index (κ3) is 4.74. The molecule has 164 valence electrons. The Morgan fingerprint density at radius 1 is 1.19 bits per heavy atom. The van der Waals surface area contributed by atoms with Crippen molar-refractivity contribution in [2.45, 2.75) is 25.8 Å². The molecule has 0 aliphatic carbocycles. The normalized spacial score (nSPS) is 15.4. The summed E-state index contributed by atoms with van der Waals surface area (Å²) in [4.78, 5) is 40.2. The molecule has 8 heteroatoms. The summed E-state index contributed by atoms with van der Waals surface area (Å²) in [5.41, 5.74) is 2.44. The number of nitrogens with zero attached hydrogens (tertiary/aromatic N) is 4. The Bertz CT molecular complexity index is 1120. The molecule has 3 aromatic rings. The van der Waals surface area contributed by atoms with Crippen molar-refractivity contribution >= 4 is 11.8 Å². The van der Waals surface area contributed by atoms with Crippen molar-refractivity contribution < 1.29 is 14.3 Å². The van der Waals surface area contributed by atoms with E-state index in [0.717, 1.165) is 17.7 Å². The van der Waals surface area contributed by atoms with Crippen LogP contribution < -0.4 is 10.1 Å². The van der Waals surface area contributed by atoms with E-state index in [-0.39, 0.29) is 17.7 Å². The SMILES string of the molecule is COc1cccc(CNC(=O)c2cnc(C3CCN(C(=O)c4ccccn4)C3)nc2C)c1. The fourth-order valence-electron chi connectivity index (χ4n) is 3.77. The summed E-state index contributed by atoms with van der Waals surface area (Å²) in [7, 11) is 1.61. The van der Waals surface area contributed by atoms with E-state index in [9.17, 15) is 9.59 Å². The van der Waals surface area contributed by atoms with Crippen LogP contribution in [0.1, 0.15) is 50.3 Å². The summed E-state index contributed by atoms with van der Waals surface area (Å²) < 4.78 is 5.21. The van der Waals surface area contributed by atoms with Gasteiger partial charge in [-0.1, -0.05) is 18.2 Å². The number of amides is 2. The number of pyridine rings is 1. The highest BCUT2D eigenvalue weighted by Crippen LogP contribution is 2.26. The van der Waals surface area contributed by atoms with Crippen LogP contribution in [-0.4, -0.2) is 51.9 Å². The molecule has 1 N–H and O–H groups in total. The molecule has 1 saturated heterocycles. The van der Waals surface area contributed by atoms with E-state index in [0.29, 0.717) is 42.4 Å². The van der Waals surface area contributed by atoms with Crippen LogP contribution >= 0.6 is 0 Å². The molecule has 1 aliphatic rings. The summed E-state index contributed by atoms with van der Waals surface area (Å²) >= 11 is 0. The minimum absolute atomic E-state index is 0.0373. The smallest absolute Gasteiger partial charge is 0.272 e. The lowest BCUT2D eigenvalue weighted by Gasteiger charge is -2.16. The average Bonchev–Trinajstić information content (AvgIpc) is 3.33. The number of hydrogen-bond acceptors (Lipinski definition) is 6. The molecule has 0 radical (unpaired) electrons. The first-order valence-electron chi connectivity index (χ1n) is 10.5. The first-order chi connectivity index (χ1) is 15.5. The number of rotatable bonds is 6. The first kappa shape index (κ1) is 21.4. The van der Waals surface area contributed by atoms with E-state index in [4.69, 9.17) is 4.74 Å². The zero-order valence-corrected chi connectivity index (χ0v) is 18.1. The molecule has 4 rings (SSSR count).